The van der Waals surface area contributed by atoms with Crippen LogP contribution in [0, 0.1) is 0 Å². The van der Waals surface area contributed by atoms with Gasteiger partial charge in [0.15, 0.2) is 0 Å². The van der Waals surface area contributed by atoms with Crippen LogP contribution in [0.3, 0.4) is 0 Å². The number of rotatable bonds is 3. The number of hydrogen-bond donors (Lipinski definition) is 1. The molecule has 0 aliphatic heterocycles. The van der Waals surface area contributed by atoms with Crippen LogP contribution in [-0.2, 0) is 4.79 Å². The summed E-state index contributed by atoms with van der Waals surface area (Å²) in [5.41, 5.74) is 2.14. The van der Waals surface area contributed by atoms with E-state index >= 15 is 0 Å². The van der Waals surface area contributed by atoms with E-state index in [1.807, 2.05) is 48.6 Å². The zero-order valence-corrected chi connectivity index (χ0v) is 8.76. The number of allylic oxidation sites excluding steroid dienone is 3. The molecule has 1 N–H and O–H groups in total. The molecule has 2 heteroatoms. The molecule has 80 valence electrons. The first-order valence-corrected chi connectivity index (χ1v) is 5.13. The van der Waals surface area contributed by atoms with Crippen LogP contribution in [0.5, 0.6) is 0 Å². The van der Waals surface area contributed by atoms with Crippen LogP contribution in [0.2, 0.25) is 0 Å². The number of carbonyl (C=O) groups is 1. The predicted molar refractivity (Wildman–Crippen MR) is 63.9 cm³/mol. The van der Waals surface area contributed by atoms with Gasteiger partial charge in [-0.1, -0.05) is 48.6 Å². The minimum Gasteiger partial charge on any atom is -0.478 e. The topological polar surface area (TPSA) is 37.3 Å². The Morgan fingerprint density at radius 3 is 2.56 bits per heavy atom. The Kier molecular flexibility index (Phi) is 3.01. The minimum absolute atomic E-state index is 0.371. The monoisotopic (exact) mass is 212 g/mol. The Morgan fingerprint density at radius 2 is 2.00 bits per heavy atom. The van der Waals surface area contributed by atoms with Crippen LogP contribution in [0.1, 0.15) is 12.0 Å². The molecule has 0 spiro atoms. The lowest BCUT2D eigenvalue weighted by Gasteiger charge is -2.03. The fraction of sp³-hybridized carbons (Fsp3) is 0.0714. The van der Waals surface area contributed by atoms with E-state index in [-0.39, 0.29) is 0 Å². The molecule has 1 aliphatic rings. The summed E-state index contributed by atoms with van der Waals surface area (Å²) in [4.78, 5) is 11.2. The van der Waals surface area contributed by atoms with Crippen LogP contribution in [0.15, 0.2) is 59.7 Å². The van der Waals surface area contributed by atoms with E-state index in [2.05, 4.69) is 0 Å². The highest BCUT2D eigenvalue weighted by Gasteiger charge is 2.13. The number of hydrogen-bond acceptors (Lipinski definition) is 1. The summed E-state index contributed by atoms with van der Waals surface area (Å²) in [7, 11) is 0. The fourth-order valence-corrected chi connectivity index (χ4v) is 1.65. The van der Waals surface area contributed by atoms with Crippen molar-refractivity contribution in [2.24, 2.45) is 0 Å². The quantitative estimate of drug-likeness (QED) is 0.782. The van der Waals surface area contributed by atoms with E-state index in [9.17, 15) is 4.79 Å². The molecule has 0 heterocycles. The minimum atomic E-state index is -0.876. The third-order valence-electron chi connectivity index (χ3n) is 2.46. The van der Waals surface area contributed by atoms with E-state index in [0.717, 1.165) is 11.1 Å². The third-order valence-corrected chi connectivity index (χ3v) is 2.46. The molecule has 0 unspecified atom stereocenters. The number of carboxylic acids is 1. The van der Waals surface area contributed by atoms with E-state index in [4.69, 9.17) is 5.11 Å². The number of aliphatic carboxylic acids is 1. The fourth-order valence-electron chi connectivity index (χ4n) is 1.65. The lowest BCUT2D eigenvalue weighted by atomic mass is 10.0. The van der Waals surface area contributed by atoms with Crippen LogP contribution in [0.25, 0.3) is 6.08 Å². The largest absolute Gasteiger partial charge is 0.478 e. The maximum absolute atomic E-state index is 11.2. The highest BCUT2D eigenvalue weighted by atomic mass is 16.4. The second-order valence-electron chi connectivity index (χ2n) is 3.60. The van der Waals surface area contributed by atoms with Crippen molar-refractivity contribution in [2.75, 3.05) is 0 Å². The summed E-state index contributed by atoms with van der Waals surface area (Å²) in [6, 6.07) is 9.49. The molecule has 16 heavy (non-hydrogen) atoms. The third kappa shape index (κ3) is 2.28. The first-order chi connectivity index (χ1) is 7.77. The van der Waals surface area contributed by atoms with Gasteiger partial charge in [0.05, 0.1) is 5.57 Å². The van der Waals surface area contributed by atoms with Gasteiger partial charge in [-0.15, -0.1) is 0 Å². The van der Waals surface area contributed by atoms with Crippen molar-refractivity contribution in [1.29, 1.82) is 0 Å². The van der Waals surface area contributed by atoms with Crippen molar-refractivity contribution < 1.29 is 9.90 Å². The molecule has 0 aromatic heterocycles. The van der Waals surface area contributed by atoms with Gasteiger partial charge < -0.3 is 5.11 Å². The van der Waals surface area contributed by atoms with Gasteiger partial charge >= 0.3 is 5.97 Å². The molecule has 1 aromatic rings. The van der Waals surface area contributed by atoms with E-state index in [1.165, 1.54) is 0 Å². The van der Waals surface area contributed by atoms with Gasteiger partial charge in [0.25, 0.3) is 0 Å². The molecular formula is C14H12O2. The SMILES string of the molecule is O=C(O)C(=Cc1ccccc1)C1=CC=CC1. The predicted octanol–water partition coefficient (Wildman–Crippen LogP) is 3.04. The molecule has 0 fully saturated rings. The summed E-state index contributed by atoms with van der Waals surface area (Å²) < 4.78 is 0. The first-order valence-electron chi connectivity index (χ1n) is 5.13. The molecule has 0 amide bonds. The Labute approximate surface area is 94.2 Å². The summed E-state index contributed by atoms with van der Waals surface area (Å²) >= 11 is 0. The maximum Gasteiger partial charge on any atom is 0.335 e. The smallest absolute Gasteiger partial charge is 0.335 e. The summed E-state index contributed by atoms with van der Waals surface area (Å²) in [5, 5.41) is 9.16. The average Bonchev–Trinajstić information content (AvgIpc) is 2.80. The van der Waals surface area contributed by atoms with E-state index in [0.29, 0.717) is 12.0 Å². The highest BCUT2D eigenvalue weighted by molar-refractivity contribution is 5.97. The average molecular weight is 212 g/mol. The zero-order valence-electron chi connectivity index (χ0n) is 8.76. The Morgan fingerprint density at radius 1 is 1.25 bits per heavy atom. The first kappa shape index (κ1) is 10.4. The number of carboxylic acid groups (broad SMARTS) is 1. The lowest BCUT2D eigenvalue weighted by molar-refractivity contribution is -0.132. The van der Waals surface area contributed by atoms with Gasteiger partial charge in [-0.05, 0) is 23.6 Å². The molecule has 0 radical (unpaired) electrons. The standard InChI is InChI=1S/C14H12O2/c15-14(16)13(12-8-4-5-9-12)10-11-6-2-1-3-7-11/h1-8,10H,9H2,(H,15,16). The van der Waals surface area contributed by atoms with Crippen molar-refractivity contribution in [3.05, 3.63) is 65.3 Å². The summed E-state index contributed by atoms with van der Waals surface area (Å²) in [6.07, 6.45) is 8.10. The molecule has 2 nitrogen and oxygen atoms in total. The molecule has 2 rings (SSSR count). The maximum atomic E-state index is 11.2. The molecule has 1 aliphatic carbocycles. The highest BCUT2D eigenvalue weighted by Crippen LogP contribution is 2.22. The van der Waals surface area contributed by atoms with Crippen LogP contribution < -0.4 is 0 Å². The van der Waals surface area contributed by atoms with E-state index < -0.39 is 5.97 Å². The van der Waals surface area contributed by atoms with Gasteiger partial charge in [0, 0.05) is 0 Å². The molecule has 1 aromatic carbocycles. The van der Waals surface area contributed by atoms with Gasteiger partial charge in [-0.3, -0.25) is 0 Å². The lowest BCUT2D eigenvalue weighted by Crippen LogP contribution is -2.02. The van der Waals surface area contributed by atoms with Crippen LogP contribution in [0.4, 0.5) is 0 Å². The Balaban J connectivity index is 2.34. The second-order valence-corrected chi connectivity index (χ2v) is 3.60. The zero-order chi connectivity index (χ0) is 11.4. The summed E-state index contributed by atoms with van der Waals surface area (Å²) in [5.74, 6) is -0.876. The molecule has 0 bridgehead atoms. The van der Waals surface area contributed by atoms with Crippen molar-refractivity contribution >= 4 is 12.0 Å². The molecular weight excluding hydrogens is 200 g/mol. The number of benzene rings is 1. The summed E-state index contributed by atoms with van der Waals surface area (Å²) in [6.45, 7) is 0. The Bertz CT molecular complexity index is 479. The van der Waals surface area contributed by atoms with Gasteiger partial charge in [0.2, 0.25) is 0 Å². The molecule has 0 saturated carbocycles. The van der Waals surface area contributed by atoms with Crippen molar-refractivity contribution in [2.45, 2.75) is 6.42 Å². The van der Waals surface area contributed by atoms with Crippen molar-refractivity contribution in [3.8, 4) is 0 Å². The van der Waals surface area contributed by atoms with Gasteiger partial charge in [-0.25, -0.2) is 4.79 Å². The van der Waals surface area contributed by atoms with Crippen LogP contribution >= 0.6 is 0 Å². The van der Waals surface area contributed by atoms with Crippen molar-refractivity contribution in [3.63, 3.8) is 0 Å². The van der Waals surface area contributed by atoms with E-state index in [1.54, 1.807) is 6.08 Å². The van der Waals surface area contributed by atoms with Crippen molar-refractivity contribution in [1.82, 2.24) is 0 Å². The van der Waals surface area contributed by atoms with Crippen LogP contribution in [-0.4, -0.2) is 11.1 Å². The second kappa shape index (κ2) is 4.62. The Hall–Kier alpha value is -2.09. The molecule has 0 atom stereocenters. The molecule has 0 saturated heterocycles. The van der Waals surface area contributed by atoms with Gasteiger partial charge in [0.1, 0.15) is 0 Å². The normalized spacial score (nSPS) is 15.0. The van der Waals surface area contributed by atoms with Gasteiger partial charge in [-0.2, -0.15) is 0 Å².